The standard InChI is InChI=1S/C21H22N2O4S2/c1-22(2)29(25,26)20-8-4-6-16(14-20)21(24)23(15-19-7-5-13-28-19)17-9-11-18(27-3)12-10-17/h4-14H,15H2,1-3H3. The fraction of sp³-hybridized carbons (Fsp3) is 0.190. The van der Waals surface area contributed by atoms with Crippen LogP contribution in [0.15, 0.2) is 70.9 Å². The Kier molecular flexibility index (Phi) is 6.36. The molecule has 0 unspecified atom stereocenters. The third kappa shape index (κ3) is 4.67. The van der Waals surface area contributed by atoms with Crippen LogP contribution < -0.4 is 9.64 Å². The summed E-state index contributed by atoms with van der Waals surface area (Å²) in [5, 5.41) is 1.95. The van der Waals surface area contributed by atoms with E-state index >= 15 is 0 Å². The summed E-state index contributed by atoms with van der Waals surface area (Å²) in [6.07, 6.45) is 0. The minimum atomic E-state index is -3.63. The maximum atomic E-state index is 13.4. The third-order valence-electron chi connectivity index (χ3n) is 4.38. The number of anilines is 1. The quantitative estimate of drug-likeness (QED) is 0.571. The van der Waals surface area contributed by atoms with Crippen molar-refractivity contribution in [2.45, 2.75) is 11.4 Å². The molecule has 3 rings (SSSR count). The van der Waals surface area contributed by atoms with Crippen molar-refractivity contribution >= 4 is 33.0 Å². The SMILES string of the molecule is COc1ccc(N(Cc2cccs2)C(=O)c2cccc(S(=O)(=O)N(C)C)c2)cc1. The van der Waals surface area contributed by atoms with E-state index in [1.54, 1.807) is 47.6 Å². The molecular weight excluding hydrogens is 408 g/mol. The molecule has 0 saturated carbocycles. The van der Waals surface area contributed by atoms with Crippen LogP contribution in [0.25, 0.3) is 0 Å². The van der Waals surface area contributed by atoms with E-state index in [-0.39, 0.29) is 10.8 Å². The second-order valence-electron chi connectivity index (χ2n) is 6.48. The van der Waals surface area contributed by atoms with E-state index in [1.165, 1.54) is 26.2 Å². The van der Waals surface area contributed by atoms with Gasteiger partial charge in [0.1, 0.15) is 5.75 Å². The predicted octanol–water partition coefficient (Wildman–Crippen LogP) is 3.85. The Bertz CT molecular complexity index is 1080. The van der Waals surface area contributed by atoms with E-state index in [4.69, 9.17) is 4.74 Å². The third-order valence-corrected chi connectivity index (χ3v) is 7.06. The lowest BCUT2D eigenvalue weighted by atomic mass is 10.1. The topological polar surface area (TPSA) is 66.9 Å². The van der Waals surface area contributed by atoms with Gasteiger partial charge in [0.05, 0.1) is 18.6 Å². The number of amides is 1. The number of hydrogen-bond donors (Lipinski definition) is 0. The van der Waals surface area contributed by atoms with Gasteiger partial charge in [-0.05, 0) is 53.9 Å². The Hall–Kier alpha value is -2.68. The number of thiophene rings is 1. The zero-order valence-electron chi connectivity index (χ0n) is 16.4. The predicted molar refractivity (Wildman–Crippen MR) is 115 cm³/mol. The van der Waals surface area contributed by atoms with Crippen LogP contribution >= 0.6 is 11.3 Å². The highest BCUT2D eigenvalue weighted by atomic mass is 32.2. The fourth-order valence-corrected chi connectivity index (χ4v) is 4.40. The van der Waals surface area contributed by atoms with Gasteiger partial charge in [0.15, 0.2) is 0 Å². The number of sulfonamides is 1. The first-order valence-corrected chi connectivity index (χ1v) is 11.2. The molecule has 1 amide bonds. The van der Waals surface area contributed by atoms with Crippen LogP contribution in [0.3, 0.4) is 0 Å². The molecule has 152 valence electrons. The van der Waals surface area contributed by atoms with Gasteiger partial charge < -0.3 is 9.64 Å². The van der Waals surface area contributed by atoms with E-state index < -0.39 is 10.0 Å². The van der Waals surface area contributed by atoms with Crippen molar-refractivity contribution in [2.24, 2.45) is 0 Å². The molecule has 0 fully saturated rings. The van der Waals surface area contributed by atoms with Crippen molar-refractivity contribution in [2.75, 3.05) is 26.1 Å². The van der Waals surface area contributed by atoms with Gasteiger partial charge >= 0.3 is 0 Å². The zero-order chi connectivity index (χ0) is 21.0. The second-order valence-corrected chi connectivity index (χ2v) is 9.67. The fourth-order valence-electron chi connectivity index (χ4n) is 2.76. The van der Waals surface area contributed by atoms with Gasteiger partial charge in [-0.15, -0.1) is 11.3 Å². The monoisotopic (exact) mass is 430 g/mol. The molecule has 0 radical (unpaired) electrons. The van der Waals surface area contributed by atoms with Gasteiger partial charge in [0.25, 0.3) is 5.91 Å². The molecular formula is C21H22N2O4S2. The summed E-state index contributed by atoms with van der Waals surface area (Å²) in [4.78, 5) is 16.1. The van der Waals surface area contributed by atoms with Crippen LogP contribution in [-0.4, -0.2) is 39.8 Å². The Labute approximate surface area is 175 Å². The maximum Gasteiger partial charge on any atom is 0.258 e. The van der Waals surface area contributed by atoms with Gasteiger partial charge in [-0.2, -0.15) is 0 Å². The number of benzene rings is 2. The lowest BCUT2D eigenvalue weighted by Crippen LogP contribution is -2.30. The summed E-state index contributed by atoms with van der Waals surface area (Å²) in [6, 6.07) is 17.2. The first-order chi connectivity index (χ1) is 13.8. The largest absolute Gasteiger partial charge is 0.497 e. The molecule has 0 aliphatic carbocycles. The van der Waals surface area contributed by atoms with Crippen molar-refractivity contribution < 1.29 is 17.9 Å². The summed E-state index contributed by atoms with van der Waals surface area (Å²) >= 11 is 1.56. The number of rotatable bonds is 7. The summed E-state index contributed by atoms with van der Waals surface area (Å²) < 4.78 is 31.3. The van der Waals surface area contributed by atoms with Crippen LogP contribution in [0.5, 0.6) is 5.75 Å². The van der Waals surface area contributed by atoms with Gasteiger partial charge in [0, 0.05) is 30.2 Å². The highest BCUT2D eigenvalue weighted by Crippen LogP contribution is 2.25. The lowest BCUT2D eigenvalue weighted by Gasteiger charge is -2.23. The Morgan fingerprint density at radius 3 is 2.34 bits per heavy atom. The van der Waals surface area contributed by atoms with Gasteiger partial charge in [-0.25, -0.2) is 12.7 Å². The molecule has 0 bridgehead atoms. The molecule has 0 saturated heterocycles. The highest BCUT2D eigenvalue weighted by Gasteiger charge is 2.22. The molecule has 0 aliphatic rings. The molecule has 3 aromatic rings. The van der Waals surface area contributed by atoms with Crippen molar-refractivity contribution in [1.29, 1.82) is 0 Å². The number of hydrogen-bond acceptors (Lipinski definition) is 5. The number of nitrogens with zero attached hydrogens (tertiary/aromatic N) is 2. The summed E-state index contributed by atoms with van der Waals surface area (Å²) in [6.45, 7) is 0.382. The number of ether oxygens (including phenoxy) is 1. The van der Waals surface area contributed by atoms with Crippen LogP contribution in [0, 0.1) is 0 Å². The maximum absolute atomic E-state index is 13.4. The minimum Gasteiger partial charge on any atom is -0.497 e. The van der Waals surface area contributed by atoms with E-state index in [2.05, 4.69) is 0 Å². The van der Waals surface area contributed by atoms with Crippen molar-refractivity contribution in [3.63, 3.8) is 0 Å². The van der Waals surface area contributed by atoms with Gasteiger partial charge in [-0.3, -0.25) is 4.79 Å². The lowest BCUT2D eigenvalue weighted by molar-refractivity contribution is 0.0985. The Balaban J connectivity index is 2.00. The molecule has 6 nitrogen and oxygen atoms in total. The van der Waals surface area contributed by atoms with Gasteiger partial charge in [0.2, 0.25) is 10.0 Å². The molecule has 2 aromatic carbocycles. The summed E-state index contributed by atoms with van der Waals surface area (Å²) in [7, 11) is 0.875. The number of methoxy groups -OCH3 is 1. The van der Waals surface area contributed by atoms with Crippen molar-refractivity contribution in [3.8, 4) is 5.75 Å². The van der Waals surface area contributed by atoms with Crippen molar-refractivity contribution in [1.82, 2.24) is 4.31 Å². The van der Waals surface area contributed by atoms with Crippen molar-refractivity contribution in [3.05, 3.63) is 76.5 Å². The molecule has 1 aromatic heterocycles. The molecule has 0 atom stereocenters. The summed E-state index contributed by atoms with van der Waals surface area (Å²) in [5.74, 6) is 0.413. The first kappa shape index (κ1) is 21.0. The van der Waals surface area contributed by atoms with E-state index in [0.717, 1.165) is 9.18 Å². The van der Waals surface area contributed by atoms with E-state index in [1.807, 2.05) is 29.6 Å². The van der Waals surface area contributed by atoms with Gasteiger partial charge in [-0.1, -0.05) is 12.1 Å². The second kappa shape index (κ2) is 8.77. The van der Waals surface area contributed by atoms with E-state index in [0.29, 0.717) is 23.5 Å². The highest BCUT2D eigenvalue weighted by molar-refractivity contribution is 7.89. The van der Waals surface area contributed by atoms with Crippen LogP contribution in [0.1, 0.15) is 15.2 Å². The number of carbonyl (C=O) groups excluding carboxylic acids is 1. The molecule has 29 heavy (non-hydrogen) atoms. The number of carbonyl (C=O) groups is 1. The van der Waals surface area contributed by atoms with Crippen LogP contribution in [0.4, 0.5) is 5.69 Å². The molecule has 0 aliphatic heterocycles. The normalized spacial score (nSPS) is 11.4. The Morgan fingerprint density at radius 2 is 1.76 bits per heavy atom. The van der Waals surface area contributed by atoms with E-state index in [9.17, 15) is 13.2 Å². The Morgan fingerprint density at radius 1 is 1.03 bits per heavy atom. The summed E-state index contributed by atoms with van der Waals surface area (Å²) in [5.41, 5.74) is 1.00. The zero-order valence-corrected chi connectivity index (χ0v) is 18.0. The average Bonchev–Trinajstić information content (AvgIpc) is 3.25. The minimum absolute atomic E-state index is 0.0826. The first-order valence-electron chi connectivity index (χ1n) is 8.84. The molecule has 0 spiro atoms. The molecule has 0 N–H and O–H groups in total. The van der Waals surface area contributed by atoms with Crippen LogP contribution in [-0.2, 0) is 16.6 Å². The smallest absolute Gasteiger partial charge is 0.258 e. The molecule has 1 heterocycles. The molecule has 8 heteroatoms. The average molecular weight is 431 g/mol. The van der Waals surface area contributed by atoms with Crippen LogP contribution in [0.2, 0.25) is 0 Å².